The molecule has 1 aromatic heterocycles. The Morgan fingerprint density at radius 2 is 0.948 bits per heavy atom. The van der Waals surface area contributed by atoms with Crippen molar-refractivity contribution < 1.29 is 0 Å². The lowest BCUT2D eigenvalue weighted by Gasteiger charge is -2.31. The summed E-state index contributed by atoms with van der Waals surface area (Å²) >= 11 is 0. The van der Waals surface area contributed by atoms with E-state index in [9.17, 15) is 0 Å². The third kappa shape index (κ3) is 4.63. The van der Waals surface area contributed by atoms with E-state index in [0.29, 0.717) is 0 Å². The van der Waals surface area contributed by atoms with E-state index in [1.807, 2.05) is 0 Å². The number of aromatic nitrogens is 1. The Kier molecular flexibility index (Phi) is 6.84. The van der Waals surface area contributed by atoms with Gasteiger partial charge in [-0.2, -0.15) is 0 Å². The van der Waals surface area contributed by atoms with E-state index in [2.05, 4.69) is 203 Å². The van der Waals surface area contributed by atoms with Crippen molar-refractivity contribution >= 4 is 33.1 Å². The molecule has 0 saturated heterocycles. The number of rotatable bonds is 3. The molecule has 2 nitrogen and oxygen atoms in total. The molecular formula is C56H42N2. The Morgan fingerprint density at radius 1 is 0.466 bits per heavy atom. The van der Waals surface area contributed by atoms with Gasteiger partial charge in [-0.25, -0.2) is 4.98 Å². The van der Waals surface area contributed by atoms with Crippen LogP contribution in [-0.4, -0.2) is 11.0 Å². The number of allylic oxidation sites excluding steroid dienone is 2. The van der Waals surface area contributed by atoms with Crippen molar-refractivity contribution in [3.05, 3.63) is 209 Å². The number of nitrogens with zero attached hydrogens (tertiary/aromatic N) is 1. The number of hydrogen-bond donors (Lipinski definition) is 1. The van der Waals surface area contributed by atoms with Crippen LogP contribution in [0.4, 0.5) is 5.69 Å². The second-order valence-corrected chi connectivity index (χ2v) is 17.6. The normalized spacial score (nSPS) is 17.3. The molecule has 1 aliphatic heterocycles. The van der Waals surface area contributed by atoms with Crippen molar-refractivity contribution in [3.63, 3.8) is 0 Å². The van der Waals surface area contributed by atoms with Crippen LogP contribution >= 0.6 is 0 Å². The maximum Gasteiger partial charge on any atom is 0.0715 e. The number of fused-ring (bicyclic) bond motifs is 10. The summed E-state index contributed by atoms with van der Waals surface area (Å²) in [7, 11) is 0. The molecule has 276 valence electrons. The van der Waals surface area contributed by atoms with Gasteiger partial charge in [0.25, 0.3) is 0 Å². The Morgan fingerprint density at radius 3 is 1.55 bits per heavy atom. The second kappa shape index (κ2) is 11.9. The van der Waals surface area contributed by atoms with Crippen LogP contribution in [0, 0.1) is 0 Å². The van der Waals surface area contributed by atoms with E-state index in [-0.39, 0.29) is 16.9 Å². The van der Waals surface area contributed by atoms with Gasteiger partial charge in [-0.1, -0.05) is 155 Å². The molecule has 0 spiro atoms. The minimum atomic E-state index is -0.163. The van der Waals surface area contributed by atoms with Gasteiger partial charge in [0.1, 0.15) is 0 Å². The molecule has 0 bridgehead atoms. The summed E-state index contributed by atoms with van der Waals surface area (Å²) in [6.45, 7) is 9.60. The molecule has 3 aliphatic carbocycles. The van der Waals surface area contributed by atoms with E-state index in [0.717, 1.165) is 11.0 Å². The highest BCUT2D eigenvalue weighted by atomic mass is 14.9. The van der Waals surface area contributed by atoms with Crippen molar-refractivity contribution in [1.82, 2.24) is 4.98 Å². The summed E-state index contributed by atoms with van der Waals surface area (Å²) < 4.78 is 0. The lowest BCUT2D eigenvalue weighted by molar-refractivity contribution is 0.659. The fourth-order valence-corrected chi connectivity index (χ4v) is 10.7. The van der Waals surface area contributed by atoms with E-state index in [1.54, 1.807) is 0 Å². The van der Waals surface area contributed by atoms with Gasteiger partial charge in [-0.05, 0) is 120 Å². The zero-order valence-electron chi connectivity index (χ0n) is 33.2. The first-order valence-corrected chi connectivity index (χ1v) is 20.6. The van der Waals surface area contributed by atoms with Crippen LogP contribution < -0.4 is 5.32 Å². The average molecular weight is 743 g/mol. The fourth-order valence-electron chi connectivity index (χ4n) is 10.7. The molecule has 1 atom stereocenters. The standard InChI is InChI=1S/C56H42N2/c1-55(2)45-29-33(21-25-37(45)39-27-23-35(31-47(39)55)53-41-13-5-9-17-49(41)57-50-18-10-6-14-42(50)53)34-22-26-38-40-28-24-36(32-48(40)56(3,4)46(38)30-34)54-43-15-7-11-19-51(43)58-52-20-12-8-16-44(52)54/h5-32,49,57H,1-4H3. The molecule has 1 unspecified atom stereocenters. The van der Waals surface area contributed by atoms with Gasteiger partial charge >= 0.3 is 0 Å². The summed E-state index contributed by atoms with van der Waals surface area (Å²) in [5, 5.41) is 6.13. The molecule has 8 aromatic rings. The molecule has 4 aliphatic rings. The summed E-state index contributed by atoms with van der Waals surface area (Å²) in [6, 6.07) is 54.7. The molecule has 58 heavy (non-hydrogen) atoms. The Balaban J connectivity index is 0.921. The molecular weight excluding hydrogens is 701 g/mol. The van der Waals surface area contributed by atoms with Crippen LogP contribution in [0.2, 0.25) is 0 Å². The highest BCUT2D eigenvalue weighted by Crippen LogP contribution is 2.54. The van der Waals surface area contributed by atoms with Gasteiger partial charge in [-0.15, -0.1) is 0 Å². The van der Waals surface area contributed by atoms with Crippen molar-refractivity contribution in [2.45, 2.75) is 44.6 Å². The first-order chi connectivity index (χ1) is 28.3. The summed E-state index contributed by atoms with van der Waals surface area (Å²) in [4.78, 5) is 5.01. The predicted molar refractivity (Wildman–Crippen MR) is 243 cm³/mol. The van der Waals surface area contributed by atoms with Crippen LogP contribution in [0.1, 0.15) is 61.1 Å². The lowest BCUT2D eigenvalue weighted by Crippen LogP contribution is -2.26. The zero-order chi connectivity index (χ0) is 38.9. The van der Waals surface area contributed by atoms with E-state index < -0.39 is 0 Å². The molecule has 2 heterocycles. The second-order valence-electron chi connectivity index (χ2n) is 17.6. The number of hydrogen-bond acceptors (Lipinski definition) is 2. The first kappa shape index (κ1) is 33.4. The number of benzene rings is 7. The number of nitrogens with one attached hydrogen (secondary N) is 1. The van der Waals surface area contributed by atoms with Crippen LogP contribution in [0.5, 0.6) is 0 Å². The number of pyridine rings is 1. The summed E-state index contributed by atoms with van der Waals surface area (Å²) in [5.74, 6) is 0. The van der Waals surface area contributed by atoms with E-state index in [1.165, 1.54) is 105 Å². The predicted octanol–water partition coefficient (Wildman–Crippen LogP) is 14.1. The van der Waals surface area contributed by atoms with Gasteiger partial charge in [0.15, 0.2) is 0 Å². The molecule has 7 aromatic carbocycles. The topological polar surface area (TPSA) is 24.9 Å². The number of para-hydroxylation sites is 3. The molecule has 2 heteroatoms. The summed E-state index contributed by atoms with van der Waals surface area (Å²) in [5.41, 5.74) is 24.1. The van der Waals surface area contributed by atoms with Crippen molar-refractivity contribution in [2.24, 2.45) is 0 Å². The average Bonchev–Trinajstić information content (AvgIpc) is 3.62. The van der Waals surface area contributed by atoms with Gasteiger partial charge in [0, 0.05) is 38.4 Å². The third-order valence-electron chi connectivity index (χ3n) is 13.7. The van der Waals surface area contributed by atoms with Gasteiger partial charge in [-0.3, -0.25) is 0 Å². The third-order valence-corrected chi connectivity index (χ3v) is 13.7. The van der Waals surface area contributed by atoms with Crippen LogP contribution in [0.15, 0.2) is 175 Å². The summed E-state index contributed by atoms with van der Waals surface area (Å²) in [6.07, 6.45) is 8.86. The van der Waals surface area contributed by atoms with Gasteiger partial charge in [0.2, 0.25) is 0 Å². The molecule has 0 fully saturated rings. The Bertz CT molecular complexity index is 3150. The van der Waals surface area contributed by atoms with Gasteiger partial charge < -0.3 is 5.32 Å². The minimum absolute atomic E-state index is 0.153. The van der Waals surface area contributed by atoms with Crippen LogP contribution in [0.3, 0.4) is 0 Å². The fraction of sp³-hybridized carbons (Fsp3) is 0.125. The molecule has 0 saturated carbocycles. The molecule has 12 rings (SSSR count). The Hall–Kier alpha value is -6.77. The first-order valence-electron chi connectivity index (χ1n) is 20.6. The SMILES string of the molecule is CC1(C)c2cc(C3=C4C=CC=CC4Nc4ccccc43)ccc2-c2ccc(-c3ccc4c(c3)C(C)(C)c3cc(-c5c6ccccc6nc6ccccc56)ccc3-4)cc21. The quantitative estimate of drug-likeness (QED) is 0.182. The highest BCUT2D eigenvalue weighted by molar-refractivity contribution is 6.10. The Labute approximate surface area is 340 Å². The highest BCUT2D eigenvalue weighted by Gasteiger charge is 2.38. The molecule has 0 radical (unpaired) electrons. The monoisotopic (exact) mass is 742 g/mol. The van der Waals surface area contributed by atoms with Crippen molar-refractivity contribution in [3.8, 4) is 44.5 Å². The maximum absolute atomic E-state index is 5.01. The van der Waals surface area contributed by atoms with Crippen LogP contribution in [-0.2, 0) is 10.8 Å². The largest absolute Gasteiger partial charge is 0.374 e. The van der Waals surface area contributed by atoms with Gasteiger partial charge in [0.05, 0.1) is 17.1 Å². The van der Waals surface area contributed by atoms with Crippen molar-refractivity contribution in [2.75, 3.05) is 5.32 Å². The van der Waals surface area contributed by atoms with Crippen molar-refractivity contribution in [1.29, 1.82) is 0 Å². The molecule has 0 amide bonds. The van der Waals surface area contributed by atoms with E-state index >= 15 is 0 Å². The minimum Gasteiger partial charge on any atom is -0.374 e. The van der Waals surface area contributed by atoms with Crippen LogP contribution in [0.25, 0.3) is 71.9 Å². The molecule has 1 N–H and O–H groups in total. The van der Waals surface area contributed by atoms with E-state index in [4.69, 9.17) is 4.98 Å². The maximum atomic E-state index is 5.01. The zero-order valence-corrected chi connectivity index (χ0v) is 33.2. The smallest absolute Gasteiger partial charge is 0.0715 e. The lowest BCUT2D eigenvalue weighted by atomic mass is 9.78. The number of anilines is 1.